The molecule has 1 aromatic heterocycles. The van der Waals surface area contributed by atoms with Gasteiger partial charge in [0, 0.05) is 5.69 Å². The van der Waals surface area contributed by atoms with Crippen LogP contribution in [-0.2, 0) is 6.54 Å². The van der Waals surface area contributed by atoms with Gasteiger partial charge >= 0.3 is 5.69 Å². The first-order valence-electron chi connectivity index (χ1n) is 5.86. The van der Waals surface area contributed by atoms with Gasteiger partial charge in [0.15, 0.2) is 0 Å². The van der Waals surface area contributed by atoms with Crippen molar-refractivity contribution in [2.75, 3.05) is 0 Å². The van der Waals surface area contributed by atoms with E-state index in [1.807, 2.05) is 0 Å². The highest BCUT2D eigenvalue weighted by atomic mass is 79.9. The molecule has 0 unspecified atom stereocenters. The number of halogens is 2. The molecule has 0 aliphatic carbocycles. The van der Waals surface area contributed by atoms with Gasteiger partial charge in [-0.25, -0.2) is 9.18 Å². The van der Waals surface area contributed by atoms with Gasteiger partial charge < -0.3 is 0 Å². The summed E-state index contributed by atoms with van der Waals surface area (Å²) in [5.74, 6) is -0.566. The zero-order valence-electron chi connectivity index (χ0n) is 10.9. The maximum atomic E-state index is 13.3. The summed E-state index contributed by atoms with van der Waals surface area (Å²) in [5.41, 5.74) is 1.63. The number of rotatable bonds is 2. The molecule has 0 aliphatic heterocycles. The molecule has 0 fully saturated rings. The third kappa shape index (κ3) is 2.63. The van der Waals surface area contributed by atoms with E-state index in [9.17, 15) is 9.18 Å². The van der Waals surface area contributed by atoms with Crippen LogP contribution in [0.15, 0.2) is 27.5 Å². The molecule has 1 heterocycles. The van der Waals surface area contributed by atoms with Gasteiger partial charge in [-0.3, -0.25) is 4.57 Å². The lowest BCUT2D eigenvalue weighted by atomic mass is 10.1. The van der Waals surface area contributed by atoms with Crippen LogP contribution in [0.25, 0.3) is 0 Å². The summed E-state index contributed by atoms with van der Waals surface area (Å²) in [4.78, 5) is 15.8. The fourth-order valence-corrected chi connectivity index (χ4v) is 2.20. The molecular weight excluding hydrogens is 325 g/mol. The molecule has 0 amide bonds. The smallest absolute Gasteiger partial charge is 0.291 e. The Morgan fingerprint density at radius 1 is 1.45 bits per heavy atom. The van der Waals surface area contributed by atoms with Gasteiger partial charge in [-0.2, -0.15) is 10.2 Å². The third-order valence-corrected chi connectivity index (χ3v) is 4.17. The van der Waals surface area contributed by atoms with Crippen LogP contribution in [0.4, 0.5) is 4.39 Å². The van der Waals surface area contributed by atoms with Crippen molar-refractivity contribution in [2.24, 2.45) is 0 Å². The number of aromatic nitrogens is 2. The molecule has 6 heteroatoms. The molecule has 0 aliphatic rings. The lowest BCUT2D eigenvalue weighted by Gasteiger charge is -2.12. The number of nitriles is 1. The fourth-order valence-electron chi connectivity index (χ4n) is 1.90. The first-order chi connectivity index (χ1) is 9.43. The van der Waals surface area contributed by atoms with Crippen LogP contribution >= 0.6 is 15.9 Å². The Hall–Kier alpha value is -2.00. The molecule has 20 heavy (non-hydrogen) atoms. The second-order valence-corrected chi connectivity index (χ2v) is 5.18. The number of benzene rings is 1. The summed E-state index contributed by atoms with van der Waals surface area (Å²) in [7, 11) is 0. The summed E-state index contributed by atoms with van der Waals surface area (Å²) in [6, 6.07) is 6.00. The predicted octanol–water partition coefficient (Wildman–Crippen LogP) is 2.68. The summed E-state index contributed by atoms with van der Waals surface area (Å²) in [6.07, 6.45) is 0. The van der Waals surface area contributed by atoms with Gasteiger partial charge in [-0.05, 0) is 47.5 Å². The lowest BCUT2D eigenvalue weighted by Crippen LogP contribution is -2.27. The molecule has 0 saturated heterocycles. The highest BCUT2D eigenvalue weighted by Crippen LogP contribution is 2.18. The highest BCUT2D eigenvalue weighted by molar-refractivity contribution is 9.10. The van der Waals surface area contributed by atoms with Gasteiger partial charge in [0.05, 0.1) is 22.3 Å². The molecule has 0 bridgehead atoms. The minimum atomic E-state index is -0.566. The van der Waals surface area contributed by atoms with E-state index >= 15 is 0 Å². The molecule has 102 valence electrons. The zero-order chi connectivity index (χ0) is 14.9. The maximum Gasteiger partial charge on any atom is 0.348 e. The Kier molecular flexibility index (Phi) is 4.00. The van der Waals surface area contributed by atoms with Gasteiger partial charge in [0.2, 0.25) is 0 Å². The average Bonchev–Trinajstić information content (AvgIpc) is 2.43. The van der Waals surface area contributed by atoms with Crippen molar-refractivity contribution in [1.82, 2.24) is 9.55 Å². The normalized spacial score (nSPS) is 10.3. The predicted molar refractivity (Wildman–Crippen MR) is 75.9 cm³/mol. The largest absolute Gasteiger partial charge is 0.348 e. The number of aryl methyl sites for hydroxylation is 1. The van der Waals surface area contributed by atoms with E-state index in [-0.39, 0.29) is 17.8 Å². The Bertz CT molecular complexity index is 777. The van der Waals surface area contributed by atoms with Crippen molar-refractivity contribution >= 4 is 15.9 Å². The maximum absolute atomic E-state index is 13.3. The molecule has 1 aromatic carbocycles. The fraction of sp³-hybridized carbons (Fsp3) is 0.214. The van der Waals surface area contributed by atoms with Crippen molar-refractivity contribution in [2.45, 2.75) is 20.4 Å². The minimum absolute atomic E-state index is 0.0349. The van der Waals surface area contributed by atoms with Crippen LogP contribution in [0.5, 0.6) is 0 Å². The topological polar surface area (TPSA) is 58.7 Å². The standard InChI is InChI=1S/C14H11BrFN3O/c1-8-13(15)9(2)19(14(20)18-8)7-10-3-4-12(16)11(5-10)6-17/h3-5H,7H2,1-2H3. The SMILES string of the molecule is Cc1nc(=O)n(Cc2ccc(F)c(C#N)c2)c(C)c1Br. The van der Waals surface area contributed by atoms with Crippen LogP contribution < -0.4 is 5.69 Å². The Morgan fingerprint density at radius 2 is 2.15 bits per heavy atom. The van der Waals surface area contributed by atoms with Crippen molar-refractivity contribution in [3.8, 4) is 6.07 Å². The Labute approximate surface area is 123 Å². The second kappa shape index (κ2) is 5.55. The molecular formula is C14H11BrFN3O. The van der Waals surface area contributed by atoms with E-state index < -0.39 is 5.82 Å². The Morgan fingerprint density at radius 3 is 2.80 bits per heavy atom. The second-order valence-electron chi connectivity index (χ2n) is 4.39. The average molecular weight is 336 g/mol. The first-order valence-corrected chi connectivity index (χ1v) is 6.65. The summed E-state index contributed by atoms with van der Waals surface area (Å²) in [5, 5.41) is 8.82. The molecule has 0 radical (unpaired) electrons. The zero-order valence-corrected chi connectivity index (χ0v) is 12.5. The molecule has 4 nitrogen and oxygen atoms in total. The van der Waals surface area contributed by atoms with E-state index in [0.29, 0.717) is 11.3 Å². The Balaban J connectivity index is 2.49. The molecule has 2 aromatic rings. The molecule has 0 atom stereocenters. The highest BCUT2D eigenvalue weighted by Gasteiger charge is 2.10. The van der Waals surface area contributed by atoms with Crippen molar-refractivity contribution < 1.29 is 4.39 Å². The summed E-state index contributed by atoms with van der Waals surface area (Å²) in [6.45, 7) is 3.79. The van der Waals surface area contributed by atoms with E-state index in [1.54, 1.807) is 26.0 Å². The summed E-state index contributed by atoms with van der Waals surface area (Å²) >= 11 is 3.38. The van der Waals surface area contributed by atoms with Gasteiger partial charge in [-0.1, -0.05) is 6.07 Å². The summed E-state index contributed by atoms with van der Waals surface area (Å²) < 4.78 is 15.5. The van der Waals surface area contributed by atoms with Gasteiger partial charge in [0.25, 0.3) is 0 Å². The van der Waals surface area contributed by atoms with Crippen molar-refractivity contribution in [3.05, 3.63) is 61.5 Å². The van der Waals surface area contributed by atoms with Crippen molar-refractivity contribution in [3.63, 3.8) is 0 Å². The van der Waals surface area contributed by atoms with Gasteiger partial charge in [-0.15, -0.1) is 0 Å². The molecule has 2 rings (SSSR count). The molecule has 0 N–H and O–H groups in total. The van der Waals surface area contributed by atoms with E-state index in [1.165, 1.54) is 16.7 Å². The monoisotopic (exact) mass is 335 g/mol. The number of hydrogen-bond acceptors (Lipinski definition) is 3. The van der Waals surface area contributed by atoms with Crippen molar-refractivity contribution in [1.29, 1.82) is 5.26 Å². The molecule has 0 spiro atoms. The molecule has 0 saturated carbocycles. The van der Waals surface area contributed by atoms with Crippen LogP contribution in [0, 0.1) is 31.0 Å². The van der Waals surface area contributed by atoms with Crippen LogP contribution in [-0.4, -0.2) is 9.55 Å². The van der Waals surface area contributed by atoms with Crippen LogP contribution in [0.1, 0.15) is 22.5 Å². The van der Waals surface area contributed by atoms with E-state index in [2.05, 4.69) is 20.9 Å². The third-order valence-electron chi connectivity index (χ3n) is 3.03. The van der Waals surface area contributed by atoms with E-state index in [4.69, 9.17) is 5.26 Å². The minimum Gasteiger partial charge on any atom is -0.291 e. The quantitative estimate of drug-likeness (QED) is 0.847. The number of hydrogen-bond donors (Lipinski definition) is 0. The van der Waals surface area contributed by atoms with Crippen LogP contribution in [0.2, 0.25) is 0 Å². The van der Waals surface area contributed by atoms with Gasteiger partial charge in [0.1, 0.15) is 11.9 Å². The van der Waals surface area contributed by atoms with Crippen LogP contribution in [0.3, 0.4) is 0 Å². The number of nitrogens with zero attached hydrogens (tertiary/aromatic N) is 3. The lowest BCUT2D eigenvalue weighted by molar-refractivity contribution is 0.621. The van der Waals surface area contributed by atoms with E-state index in [0.717, 1.165) is 10.2 Å². The first kappa shape index (κ1) is 14.4.